The summed E-state index contributed by atoms with van der Waals surface area (Å²) in [6.45, 7) is 2.20. The Morgan fingerprint density at radius 3 is 3.08 bits per heavy atom. The van der Waals surface area contributed by atoms with E-state index in [4.69, 9.17) is 4.74 Å². The summed E-state index contributed by atoms with van der Waals surface area (Å²) in [5, 5.41) is 0. The van der Waals surface area contributed by atoms with Gasteiger partial charge in [-0.3, -0.25) is 4.79 Å². The summed E-state index contributed by atoms with van der Waals surface area (Å²) in [6.07, 6.45) is 5.84. The van der Waals surface area contributed by atoms with Gasteiger partial charge in [0.05, 0.1) is 6.42 Å². The Morgan fingerprint density at radius 1 is 1.54 bits per heavy atom. The highest BCUT2D eigenvalue weighted by molar-refractivity contribution is 9.09. The molecule has 1 saturated heterocycles. The van der Waals surface area contributed by atoms with Gasteiger partial charge < -0.3 is 4.74 Å². The van der Waals surface area contributed by atoms with Gasteiger partial charge in [-0.2, -0.15) is 0 Å². The zero-order valence-corrected chi connectivity index (χ0v) is 9.16. The molecule has 2 rings (SSSR count). The molecule has 0 amide bonds. The number of alkyl halides is 1. The summed E-state index contributed by atoms with van der Waals surface area (Å²) < 4.78 is 5.20. The standard InChI is InChI=1S/C10H13BrO2/c1-6-4-7-5-10(12)13-9(7)3-2-8(6)11/h2-3,6-9H,4-5H2,1H3. The third-order valence-electron chi connectivity index (χ3n) is 2.86. The van der Waals surface area contributed by atoms with E-state index in [-0.39, 0.29) is 12.1 Å². The molecule has 3 heteroatoms. The highest BCUT2D eigenvalue weighted by atomic mass is 79.9. The quantitative estimate of drug-likeness (QED) is 0.372. The van der Waals surface area contributed by atoms with Gasteiger partial charge in [0, 0.05) is 10.7 Å². The second-order valence-corrected chi connectivity index (χ2v) is 5.02. The van der Waals surface area contributed by atoms with Crippen molar-refractivity contribution in [2.75, 3.05) is 0 Å². The largest absolute Gasteiger partial charge is 0.458 e. The van der Waals surface area contributed by atoms with E-state index in [2.05, 4.69) is 28.9 Å². The van der Waals surface area contributed by atoms with E-state index in [1.165, 1.54) is 0 Å². The van der Waals surface area contributed by atoms with Crippen LogP contribution in [0.2, 0.25) is 0 Å². The van der Waals surface area contributed by atoms with Crippen LogP contribution in [0.1, 0.15) is 19.8 Å². The van der Waals surface area contributed by atoms with E-state index in [0.29, 0.717) is 23.1 Å². The summed E-state index contributed by atoms with van der Waals surface area (Å²) in [5.74, 6) is 0.946. The van der Waals surface area contributed by atoms with Crippen LogP contribution in [0.3, 0.4) is 0 Å². The van der Waals surface area contributed by atoms with Crippen molar-refractivity contribution < 1.29 is 9.53 Å². The molecule has 0 N–H and O–H groups in total. The lowest BCUT2D eigenvalue weighted by molar-refractivity contribution is -0.140. The van der Waals surface area contributed by atoms with Gasteiger partial charge in [-0.25, -0.2) is 0 Å². The van der Waals surface area contributed by atoms with Gasteiger partial charge in [0.15, 0.2) is 0 Å². The van der Waals surface area contributed by atoms with E-state index in [1.807, 2.05) is 6.08 Å². The van der Waals surface area contributed by atoms with Gasteiger partial charge in [0.1, 0.15) is 6.10 Å². The van der Waals surface area contributed by atoms with Crippen LogP contribution in [0, 0.1) is 11.8 Å². The molecule has 0 aromatic carbocycles. The average molecular weight is 245 g/mol. The molecule has 0 saturated carbocycles. The SMILES string of the molecule is CC1CC2CC(=O)OC2C=CC1Br. The number of hydrogen-bond donors (Lipinski definition) is 0. The number of ether oxygens (including phenoxy) is 1. The van der Waals surface area contributed by atoms with Gasteiger partial charge in [0.2, 0.25) is 0 Å². The number of rotatable bonds is 0. The van der Waals surface area contributed by atoms with Gasteiger partial charge in [-0.05, 0) is 18.4 Å². The molecule has 1 aliphatic carbocycles. The smallest absolute Gasteiger partial charge is 0.306 e. The highest BCUT2D eigenvalue weighted by Gasteiger charge is 2.36. The van der Waals surface area contributed by atoms with E-state index in [9.17, 15) is 4.79 Å². The van der Waals surface area contributed by atoms with Crippen molar-refractivity contribution in [2.45, 2.75) is 30.7 Å². The molecular formula is C10H13BrO2. The lowest BCUT2D eigenvalue weighted by atomic mass is 9.92. The first-order valence-corrected chi connectivity index (χ1v) is 5.60. The molecule has 0 aromatic rings. The number of halogens is 1. The maximum absolute atomic E-state index is 11.0. The first-order chi connectivity index (χ1) is 6.16. The Morgan fingerprint density at radius 2 is 2.31 bits per heavy atom. The third-order valence-corrected chi connectivity index (χ3v) is 4.07. The number of esters is 1. The maximum atomic E-state index is 11.0. The van der Waals surface area contributed by atoms with Crippen molar-refractivity contribution in [3.05, 3.63) is 12.2 Å². The number of carbonyl (C=O) groups is 1. The van der Waals surface area contributed by atoms with Crippen LogP contribution in [-0.4, -0.2) is 16.9 Å². The van der Waals surface area contributed by atoms with Crippen LogP contribution in [0.15, 0.2) is 12.2 Å². The van der Waals surface area contributed by atoms with Crippen molar-refractivity contribution >= 4 is 21.9 Å². The average Bonchev–Trinajstić information content (AvgIpc) is 2.36. The monoisotopic (exact) mass is 244 g/mol. The molecule has 2 nitrogen and oxygen atoms in total. The van der Waals surface area contributed by atoms with Crippen LogP contribution in [-0.2, 0) is 9.53 Å². The third kappa shape index (κ3) is 1.80. The van der Waals surface area contributed by atoms with Crippen molar-refractivity contribution in [1.29, 1.82) is 0 Å². The summed E-state index contributed by atoms with van der Waals surface area (Å²) in [7, 11) is 0. The minimum Gasteiger partial charge on any atom is -0.458 e. The van der Waals surface area contributed by atoms with Crippen LogP contribution in [0.5, 0.6) is 0 Å². The van der Waals surface area contributed by atoms with Crippen LogP contribution < -0.4 is 0 Å². The Kier molecular flexibility index (Phi) is 2.45. The van der Waals surface area contributed by atoms with Crippen molar-refractivity contribution in [1.82, 2.24) is 0 Å². The van der Waals surface area contributed by atoms with E-state index in [0.717, 1.165) is 6.42 Å². The predicted molar refractivity (Wildman–Crippen MR) is 53.6 cm³/mol. The number of hydrogen-bond acceptors (Lipinski definition) is 2. The number of allylic oxidation sites excluding steroid dienone is 1. The van der Waals surface area contributed by atoms with Gasteiger partial charge in [-0.15, -0.1) is 0 Å². The highest BCUT2D eigenvalue weighted by Crippen LogP contribution is 2.35. The van der Waals surface area contributed by atoms with Crippen molar-refractivity contribution in [2.24, 2.45) is 11.8 Å². The Hall–Kier alpha value is -0.310. The normalized spacial score (nSPS) is 44.0. The second kappa shape index (κ2) is 3.45. The first kappa shape index (κ1) is 9.25. The summed E-state index contributed by atoms with van der Waals surface area (Å²) in [4.78, 5) is 11.5. The molecule has 0 aromatic heterocycles. The zero-order chi connectivity index (χ0) is 9.42. The molecule has 1 aliphatic heterocycles. The Balaban J connectivity index is 2.14. The minimum absolute atomic E-state index is 0.0394. The fourth-order valence-electron chi connectivity index (χ4n) is 2.05. The summed E-state index contributed by atoms with van der Waals surface area (Å²) in [5.41, 5.74) is 0. The van der Waals surface area contributed by atoms with Crippen LogP contribution in [0.4, 0.5) is 0 Å². The predicted octanol–water partition coefficient (Wildman–Crippen LogP) is 2.28. The van der Waals surface area contributed by atoms with Crippen molar-refractivity contribution in [3.63, 3.8) is 0 Å². The molecule has 2 aliphatic rings. The lowest BCUT2D eigenvalue weighted by Crippen LogP contribution is -2.15. The lowest BCUT2D eigenvalue weighted by Gasteiger charge is -2.16. The molecule has 0 bridgehead atoms. The Labute approximate surface area is 86.5 Å². The van der Waals surface area contributed by atoms with Gasteiger partial charge in [0.25, 0.3) is 0 Å². The van der Waals surface area contributed by atoms with Gasteiger partial charge in [-0.1, -0.05) is 28.9 Å². The van der Waals surface area contributed by atoms with E-state index < -0.39 is 0 Å². The molecule has 13 heavy (non-hydrogen) atoms. The van der Waals surface area contributed by atoms with E-state index >= 15 is 0 Å². The second-order valence-electron chi connectivity index (χ2n) is 3.96. The molecule has 1 fully saturated rings. The molecule has 72 valence electrons. The van der Waals surface area contributed by atoms with Crippen molar-refractivity contribution in [3.8, 4) is 0 Å². The maximum Gasteiger partial charge on any atom is 0.306 e. The van der Waals surface area contributed by atoms with Crippen LogP contribution >= 0.6 is 15.9 Å². The molecule has 0 radical (unpaired) electrons. The number of carbonyl (C=O) groups excluding carboxylic acids is 1. The molecular weight excluding hydrogens is 232 g/mol. The summed E-state index contributed by atoms with van der Waals surface area (Å²) in [6, 6.07) is 0. The zero-order valence-electron chi connectivity index (χ0n) is 7.57. The fraction of sp³-hybridized carbons (Fsp3) is 0.700. The van der Waals surface area contributed by atoms with Gasteiger partial charge >= 0.3 is 5.97 Å². The van der Waals surface area contributed by atoms with Crippen LogP contribution in [0.25, 0.3) is 0 Å². The minimum atomic E-state index is -0.0418. The summed E-state index contributed by atoms with van der Waals surface area (Å²) >= 11 is 3.60. The first-order valence-electron chi connectivity index (χ1n) is 4.68. The van der Waals surface area contributed by atoms with E-state index in [1.54, 1.807) is 0 Å². The topological polar surface area (TPSA) is 26.3 Å². The number of fused-ring (bicyclic) bond motifs is 1. The molecule has 1 heterocycles. The molecule has 0 spiro atoms. The molecule has 4 unspecified atom stereocenters. The molecule has 4 atom stereocenters. The fourth-order valence-corrected chi connectivity index (χ4v) is 2.45. The Bertz CT molecular complexity index is 249.